The molecule has 0 N–H and O–H groups in total. The van der Waals surface area contributed by atoms with E-state index in [2.05, 4.69) is 21.0 Å². The third kappa shape index (κ3) is 2.40. The number of hydrogen-bond acceptors (Lipinski definition) is 2. The van der Waals surface area contributed by atoms with Gasteiger partial charge >= 0.3 is 6.18 Å². The molecule has 90 valence electrons. The molecule has 0 spiro atoms. The van der Waals surface area contributed by atoms with Gasteiger partial charge in [0.15, 0.2) is 11.9 Å². The van der Waals surface area contributed by atoms with Crippen molar-refractivity contribution in [3.63, 3.8) is 0 Å². The van der Waals surface area contributed by atoms with Crippen LogP contribution in [0.3, 0.4) is 0 Å². The molecule has 3 nitrogen and oxygen atoms in total. The minimum Gasteiger partial charge on any atom is -0.356 e. The minimum atomic E-state index is -4.41. The van der Waals surface area contributed by atoms with Crippen molar-refractivity contribution in [2.45, 2.75) is 31.7 Å². The molecule has 0 aromatic carbocycles. The van der Waals surface area contributed by atoms with Crippen LogP contribution < -0.4 is 0 Å². The van der Waals surface area contributed by atoms with Gasteiger partial charge in [-0.25, -0.2) is 4.68 Å². The molecule has 2 rings (SSSR count). The first-order valence-corrected chi connectivity index (χ1v) is 5.71. The van der Waals surface area contributed by atoms with Crippen molar-refractivity contribution < 1.29 is 17.9 Å². The molecule has 0 aliphatic carbocycles. The van der Waals surface area contributed by atoms with E-state index in [1.165, 1.54) is 4.68 Å². The Morgan fingerprint density at radius 3 is 2.69 bits per heavy atom. The number of rotatable bonds is 1. The topological polar surface area (TPSA) is 27.1 Å². The molecule has 0 unspecified atom stereocenters. The van der Waals surface area contributed by atoms with Gasteiger partial charge in [-0.3, -0.25) is 0 Å². The second kappa shape index (κ2) is 4.37. The summed E-state index contributed by atoms with van der Waals surface area (Å²) in [5, 5.41) is 3.52. The van der Waals surface area contributed by atoms with E-state index in [4.69, 9.17) is 4.74 Å². The van der Waals surface area contributed by atoms with Crippen molar-refractivity contribution >= 4 is 15.9 Å². The van der Waals surface area contributed by atoms with Gasteiger partial charge in [0.1, 0.15) is 4.60 Å². The Hall–Kier alpha value is -0.560. The smallest absolute Gasteiger partial charge is 0.356 e. The summed E-state index contributed by atoms with van der Waals surface area (Å²) in [6, 6.07) is 0.970. The second-order valence-electron chi connectivity index (χ2n) is 3.62. The highest BCUT2D eigenvalue weighted by molar-refractivity contribution is 9.10. The second-order valence-corrected chi connectivity index (χ2v) is 4.43. The molecule has 0 amide bonds. The number of halogens is 4. The highest BCUT2D eigenvalue weighted by Gasteiger charge is 2.35. The van der Waals surface area contributed by atoms with Crippen LogP contribution in [0.4, 0.5) is 13.2 Å². The lowest BCUT2D eigenvalue weighted by atomic mass is 10.2. The maximum Gasteiger partial charge on any atom is 0.435 e. The predicted octanol–water partition coefficient (Wildman–Crippen LogP) is 3.36. The zero-order valence-corrected chi connectivity index (χ0v) is 9.88. The van der Waals surface area contributed by atoms with Gasteiger partial charge in [-0.2, -0.15) is 18.3 Å². The van der Waals surface area contributed by atoms with E-state index in [-0.39, 0.29) is 6.23 Å². The predicted molar refractivity (Wildman–Crippen MR) is 53.8 cm³/mol. The van der Waals surface area contributed by atoms with Crippen molar-refractivity contribution in [1.82, 2.24) is 9.78 Å². The van der Waals surface area contributed by atoms with Crippen LogP contribution in [0.25, 0.3) is 0 Å². The van der Waals surface area contributed by atoms with E-state index in [1.54, 1.807) is 0 Å². The van der Waals surface area contributed by atoms with Gasteiger partial charge < -0.3 is 4.74 Å². The summed E-state index contributed by atoms with van der Waals surface area (Å²) in [6.45, 7) is 0.568. The van der Waals surface area contributed by atoms with E-state index < -0.39 is 11.9 Å². The Kier molecular flexibility index (Phi) is 3.25. The zero-order valence-electron chi connectivity index (χ0n) is 8.30. The van der Waals surface area contributed by atoms with E-state index in [0.717, 1.165) is 18.9 Å². The van der Waals surface area contributed by atoms with Crippen molar-refractivity contribution in [1.29, 1.82) is 0 Å². The van der Waals surface area contributed by atoms with Gasteiger partial charge in [0.05, 0.1) is 0 Å². The fraction of sp³-hybridized carbons (Fsp3) is 0.667. The summed E-state index contributed by atoms with van der Waals surface area (Å²) in [7, 11) is 0. The largest absolute Gasteiger partial charge is 0.435 e. The summed E-state index contributed by atoms with van der Waals surface area (Å²) in [4.78, 5) is 0. The van der Waals surface area contributed by atoms with Gasteiger partial charge in [-0.1, -0.05) is 0 Å². The Bertz CT molecular complexity index is 371. The molecule has 16 heavy (non-hydrogen) atoms. The van der Waals surface area contributed by atoms with Crippen LogP contribution in [0.15, 0.2) is 10.7 Å². The lowest BCUT2D eigenvalue weighted by Gasteiger charge is -2.23. The van der Waals surface area contributed by atoms with Crippen molar-refractivity contribution in [3.05, 3.63) is 16.4 Å². The van der Waals surface area contributed by atoms with Crippen molar-refractivity contribution in [2.75, 3.05) is 6.61 Å². The SMILES string of the molecule is FC(F)(F)c1cc(Br)n([C@@H]2CCCCO2)n1. The molecule has 2 heterocycles. The number of alkyl halides is 3. The molecule has 0 saturated carbocycles. The van der Waals surface area contributed by atoms with E-state index >= 15 is 0 Å². The van der Waals surface area contributed by atoms with Crippen LogP contribution in [0.1, 0.15) is 31.2 Å². The molecule has 1 aromatic rings. The van der Waals surface area contributed by atoms with Gasteiger partial charge in [0.2, 0.25) is 0 Å². The Morgan fingerprint density at radius 2 is 2.19 bits per heavy atom. The first-order chi connectivity index (χ1) is 7.48. The van der Waals surface area contributed by atoms with Crippen LogP contribution in [0.5, 0.6) is 0 Å². The molecule has 0 radical (unpaired) electrons. The molecule has 0 bridgehead atoms. The average Bonchev–Trinajstić information content (AvgIpc) is 2.61. The van der Waals surface area contributed by atoms with Crippen molar-refractivity contribution in [3.8, 4) is 0 Å². The number of ether oxygens (including phenoxy) is 1. The Balaban J connectivity index is 2.24. The first kappa shape index (κ1) is 11.9. The van der Waals surface area contributed by atoms with Crippen LogP contribution in [-0.2, 0) is 10.9 Å². The number of hydrogen-bond donors (Lipinski definition) is 0. The Morgan fingerprint density at radius 1 is 1.44 bits per heavy atom. The molecular weight excluding hydrogens is 289 g/mol. The monoisotopic (exact) mass is 298 g/mol. The van der Waals surface area contributed by atoms with Gasteiger partial charge in [0, 0.05) is 12.7 Å². The summed E-state index contributed by atoms with van der Waals surface area (Å²) in [5.74, 6) is 0. The van der Waals surface area contributed by atoms with Gasteiger partial charge in [0.25, 0.3) is 0 Å². The standard InChI is InChI=1S/C9H10BrF3N2O/c10-7-5-6(9(11,12)13)14-15(7)8-3-1-2-4-16-8/h5,8H,1-4H2/t8-/m0/s1. The lowest BCUT2D eigenvalue weighted by Crippen LogP contribution is -2.20. The average molecular weight is 299 g/mol. The minimum absolute atomic E-state index is 0.298. The summed E-state index contributed by atoms with van der Waals surface area (Å²) in [5.41, 5.74) is -0.895. The van der Waals surface area contributed by atoms with E-state index in [0.29, 0.717) is 17.6 Å². The van der Waals surface area contributed by atoms with Crippen molar-refractivity contribution in [2.24, 2.45) is 0 Å². The maximum atomic E-state index is 12.4. The van der Waals surface area contributed by atoms with Gasteiger partial charge in [-0.15, -0.1) is 0 Å². The van der Waals surface area contributed by atoms with Crippen LogP contribution in [0.2, 0.25) is 0 Å². The molecule has 7 heteroatoms. The summed E-state index contributed by atoms with van der Waals surface area (Å²) >= 11 is 3.07. The van der Waals surface area contributed by atoms with Gasteiger partial charge in [-0.05, 0) is 35.2 Å². The van der Waals surface area contributed by atoms with Crippen LogP contribution in [0, 0.1) is 0 Å². The molecule has 1 aliphatic heterocycles. The zero-order chi connectivity index (χ0) is 11.8. The molecule has 1 aromatic heterocycles. The third-order valence-corrected chi connectivity index (χ3v) is 3.00. The Labute approximate surface area is 98.7 Å². The summed E-state index contributed by atoms with van der Waals surface area (Å²) in [6.07, 6.45) is -2.22. The quantitative estimate of drug-likeness (QED) is 0.795. The summed E-state index contributed by atoms with van der Waals surface area (Å²) < 4.78 is 44.2. The molecule has 1 aliphatic rings. The number of nitrogens with zero attached hydrogens (tertiary/aromatic N) is 2. The van der Waals surface area contributed by atoms with Crippen LogP contribution >= 0.6 is 15.9 Å². The number of aromatic nitrogens is 2. The molecule has 1 saturated heterocycles. The maximum absolute atomic E-state index is 12.4. The lowest BCUT2D eigenvalue weighted by molar-refractivity contribution is -0.142. The highest BCUT2D eigenvalue weighted by atomic mass is 79.9. The highest BCUT2D eigenvalue weighted by Crippen LogP contribution is 2.33. The fourth-order valence-corrected chi connectivity index (χ4v) is 2.15. The van der Waals surface area contributed by atoms with E-state index in [1.807, 2.05) is 0 Å². The third-order valence-electron chi connectivity index (χ3n) is 2.41. The fourth-order valence-electron chi connectivity index (χ4n) is 1.63. The first-order valence-electron chi connectivity index (χ1n) is 4.92. The van der Waals surface area contributed by atoms with E-state index in [9.17, 15) is 13.2 Å². The molecule has 1 fully saturated rings. The van der Waals surface area contributed by atoms with Crippen LogP contribution in [-0.4, -0.2) is 16.4 Å². The normalized spacial score (nSPS) is 22.4. The molecular formula is C9H10BrF3N2O. The molecule has 1 atom stereocenters.